The highest BCUT2D eigenvalue weighted by atomic mass is 35.5. The van der Waals surface area contributed by atoms with Crippen LogP contribution in [0.2, 0.25) is 0 Å². The van der Waals surface area contributed by atoms with Crippen molar-refractivity contribution in [2.45, 2.75) is 70.6 Å². The molecule has 0 aliphatic carbocycles. The number of halogens is 1. The van der Waals surface area contributed by atoms with Crippen molar-refractivity contribution >= 4 is 11.6 Å². The van der Waals surface area contributed by atoms with Gasteiger partial charge >= 0.3 is 0 Å². The lowest BCUT2D eigenvalue weighted by atomic mass is 10.1. The van der Waals surface area contributed by atoms with Crippen LogP contribution in [0.4, 0.5) is 0 Å². The van der Waals surface area contributed by atoms with Crippen LogP contribution < -0.4 is 0 Å². The lowest BCUT2D eigenvalue weighted by Gasteiger charge is -1.99. The van der Waals surface area contributed by atoms with E-state index < -0.39 is 0 Å². The molecule has 0 bridgehead atoms. The molecule has 0 aliphatic rings. The Kier molecular flexibility index (Phi) is 7.25. The molecule has 1 rings (SSSR count). The SMILES string of the molecule is CCCCCCCc1nc(C(Cl)CCC)no1. The molecule has 1 unspecified atom stereocenters. The molecule has 1 heterocycles. The van der Waals surface area contributed by atoms with Gasteiger partial charge in [-0.05, 0) is 12.8 Å². The molecule has 0 aliphatic heterocycles. The van der Waals surface area contributed by atoms with Gasteiger partial charge in [0.25, 0.3) is 0 Å². The first-order valence-electron chi connectivity index (χ1n) is 6.74. The zero-order chi connectivity index (χ0) is 12.5. The normalized spacial score (nSPS) is 12.9. The van der Waals surface area contributed by atoms with Crippen molar-refractivity contribution in [3.05, 3.63) is 11.7 Å². The van der Waals surface area contributed by atoms with Crippen molar-refractivity contribution in [2.24, 2.45) is 0 Å². The third-order valence-corrected chi connectivity index (χ3v) is 3.21. The van der Waals surface area contributed by atoms with Gasteiger partial charge < -0.3 is 4.52 Å². The van der Waals surface area contributed by atoms with E-state index in [0.717, 1.165) is 31.6 Å². The summed E-state index contributed by atoms with van der Waals surface area (Å²) in [6.45, 7) is 4.32. The van der Waals surface area contributed by atoms with Crippen LogP contribution in [0.1, 0.15) is 75.9 Å². The summed E-state index contributed by atoms with van der Waals surface area (Å²) in [4.78, 5) is 4.34. The van der Waals surface area contributed by atoms with Gasteiger partial charge in [0, 0.05) is 6.42 Å². The number of aryl methyl sites for hydroxylation is 1. The zero-order valence-electron chi connectivity index (χ0n) is 10.9. The Bertz CT molecular complexity index is 301. The number of rotatable bonds is 9. The van der Waals surface area contributed by atoms with E-state index in [2.05, 4.69) is 24.0 Å². The molecule has 0 spiro atoms. The molecular formula is C13H23ClN2O. The largest absolute Gasteiger partial charge is 0.339 e. The van der Waals surface area contributed by atoms with Gasteiger partial charge in [-0.1, -0.05) is 51.1 Å². The minimum atomic E-state index is -0.0995. The third kappa shape index (κ3) is 5.53. The summed E-state index contributed by atoms with van der Waals surface area (Å²) in [5.74, 6) is 1.38. The average molecular weight is 259 g/mol. The van der Waals surface area contributed by atoms with E-state index >= 15 is 0 Å². The van der Waals surface area contributed by atoms with Gasteiger partial charge in [0.15, 0.2) is 5.82 Å². The maximum absolute atomic E-state index is 6.14. The number of unbranched alkanes of at least 4 members (excludes halogenated alkanes) is 4. The molecule has 0 fully saturated rings. The second kappa shape index (κ2) is 8.51. The molecule has 1 atom stereocenters. The van der Waals surface area contributed by atoms with E-state index in [4.69, 9.17) is 16.1 Å². The van der Waals surface area contributed by atoms with Gasteiger partial charge in [0.2, 0.25) is 5.89 Å². The van der Waals surface area contributed by atoms with E-state index in [0.29, 0.717) is 5.82 Å². The van der Waals surface area contributed by atoms with E-state index in [9.17, 15) is 0 Å². The van der Waals surface area contributed by atoms with Crippen molar-refractivity contribution in [3.8, 4) is 0 Å². The first-order valence-corrected chi connectivity index (χ1v) is 7.18. The lowest BCUT2D eigenvalue weighted by Crippen LogP contribution is -1.93. The molecule has 1 aromatic rings. The van der Waals surface area contributed by atoms with E-state index in [1.807, 2.05) is 0 Å². The molecule has 0 N–H and O–H groups in total. The van der Waals surface area contributed by atoms with Gasteiger partial charge in [-0.2, -0.15) is 4.98 Å². The lowest BCUT2D eigenvalue weighted by molar-refractivity contribution is 0.367. The Balaban J connectivity index is 2.25. The van der Waals surface area contributed by atoms with Crippen molar-refractivity contribution in [2.75, 3.05) is 0 Å². The fraction of sp³-hybridized carbons (Fsp3) is 0.846. The molecule has 0 saturated carbocycles. The van der Waals surface area contributed by atoms with Crippen molar-refractivity contribution in [1.29, 1.82) is 0 Å². The average Bonchev–Trinajstić information content (AvgIpc) is 2.78. The highest BCUT2D eigenvalue weighted by Crippen LogP contribution is 2.22. The fourth-order valence-electron chi connectivity index (χ4n) is 1.76. The first-order chi connectivity index (χ1) is 8.27. The predicted molar refractivity (Wildman–Crippen MR) is 70.3 cm³/mol. The van der Waals surface area contributed by atoms with E-state index in [-0.39, 0.29) is 5.38 Å². The summed E-state index contributed by atoms with van der Waals surface area (Å²) in [5, 5.41) is 3.83. The summed E-state index contributed by atoms with van der Waals surface area (Å²) in [6.07, 6.45) is 9.07. The number of aromatic nitrogens is 2. The van der Waals surface area contributed by atoms with Crippen LogP contribution in [-0.2, 0) is 6.42 Å². The monoisotopic (exact) mass is 258 g/mol. The maximum Gasteiger partial charge on any atom is 0.226 e. The number of hydrogen-bond acceptors (Lipinski definition) is 3. The minimum absolute atomic E-state index is 0.0995. The van der Waals surface area contributed by atoms with Crippen molar-refractivity contribution in [1.82, 2.24) is 10.1 Å². The highest BCUT2D eigenvalue weighted by molar-refractivity contribution is 6.20. The van der Waals surface area contributed by atoms with Crippen molar-refractivity contribution < 1.29 is 4.52 Å². The second-order valence-electron chi connectivity index (χ2n) is 4.47. The van der Waals surface area contributed by atoms with Crippen LogP contribution in [0.15, 0.2) is 4.52 Å². The molecule has 98 valence electrons. The Morgan fingerprint density at radius 3 is 2.59 bits per heavy atom. The number of nitrogens with zero attached hydrogens (tertiary/aromatic N) is 2. The zero-order valence-corrected chi connectivity index (χ0v) is 11.7. The Morgan fingerprint density at radius 1 is 1.12 bits per heavy atom. The van der Waals surface area contributed by atoms with Crippen LogP contribution in [-0.4, -0.2) is 10.1 Å². The van der Waals surface area contributed by atoms with Crippen LogP contribution in [0.5, 0.6) is 0 Å². The number of hydrogen-bond donors (Lipinski definition) is 0. The summed E-state index contributed by atoms with van der Waals surface area (Å²) in [6, 6.07) is 0. The van der Waals surface area contributed by atoms with Crippen LogP contribution >= 0.6 is 11.6 Å². The summed E-state index contributed by atoms with van der Waals surface area (Å²) >= 11 is 6.14. The highest BCUT2D eigenvalue weighted by Gasteiger charge is 2.14. The van der Waals surface area contributed by atoms with Crippen LogP contribution in [0, 0.1) is 0 Å². The molecule has 0 saturated heterocycles. The number of alkyl halides is 1. The van der Waals surface area contributed by atoms with Crippen molar-refractivity contribution in [3.63, 3.8) is 0 Å². The van der Waals surface area contributed by atoms with E-state index in [1.165, 1.54) is 25.7 Å². The Morgan fingerprint density at radius 2 is 1.88 bits per heavy atom. The molecule has 1 aromatic heterocycles. The Hall–Kier alpha value is -0.570. The Labute approximate surface area is 109 Å². The molecule has 0 amide bonds. The molecule has 0 radical (unpaired) electrons. The standard InChI is InChI=1S/C13H23ClN2O/c1-3-5-6-7-8-10-12-15-13(16-17-12)11(14)9-4-2/h11H,3-10H2,1-2H3. The maximum atomic E-state index is 6.14. The molecule has 3 nitrogen and oxygen atoms in total. The van der Waals surface area contributed by atoms with Gasteiger partial charge in [0.1, 0.15) is 0 Å². The smallest absolute Gasteiger partial charge is 0.226 e. The van der Waals surface area contributed by atoms with Crippen LogP contribution in [0.3, 0.4) is 0 Å². The summed E-state index contributed by atoms with van der Waals surface area (Å²) in [7, 11) is 0. The topological polar surface area (TPSA) is 38.9 Å². The molecular weight excluding hydrogens is 236 g/mol. The van der Waals surface area contributed by atoms with E-state index in [1.54, 1.807) is 0 Å². The van der Waals surface area contributed by atoms with Gasteiger partial charge in [-0.15, -0.1) is 11.6 Å². The van der Waals surface area contributed by atoms with Gasteiger partial charge in [-0.25, -0.2) is 0 Å². The van der Waals surface area contributed by atoms with Gasteiger partial charge in [-0.3, -0.25) is 0 Å². The second-order valence-corrected chi connectivity index (χ2v) is 4.99. The fourth-order valence-corrected chi connectivity index (χ4v) is 2.07. The molecule has 0 aromatic carbocycles. The van der Waals surface area contributed by atoms with Crippen LogP contribution in [0.25, 0.3) is 0 Å². The molecule has 4 heteroatoms. The summed E-state index contributed by atoms with van der Waals surface area (Å²) < 4.78 is 5.19. The summed E-state index contributed by atoms with van der Waals surface area (Å²) in [5.41, 5.74) is 0. The third-order valence-electron chi connectivity index (χ3n) is 2.80. The molecule has 17 heavy (non-hydrogen) atoms. The predicted octanol–water partition coefficient (Wildman–Crippen LogP) is 4.66. The first kappa shape index (κ1) is 14.5. The minimum Gasteiger partial charge on any atom is -0.339 e. The van der Waals surface area contributed by atoms with Gasteiger partial charge in [0.05, 0.1) is 5.38 Å². The quantitative estimate of drug-likeness (QED) is 0.478.